The molecule has 1 aromatic heterocycles. The van der Waals surface area contributed by atoms with Crippen molar-refractivity contribution in [3.8, 4) is 0 Å². The van der Waals surface area contributed by atoms with Gasteiger partial charge in [-0.1, -0.05) is 66.4 Å². The molecule has 0 bridgehead atoms. The van der Waals surface area contributed by atoms with Crippen LogP contribution in [-0.4, -0.2) is 21.6 Å². The Morgan fingerprint density at radius 2 is 1.42 bits per heavy atom. The summed E-state index contributed by atoms with van der Waals surface area (Å²) in [6.07, 6.45) is 4.10. The summed E-state index contributed by atoms with van der Waals surface area (Å²) < 4.78 is 1.89. The van der Waals surface area contributed by atoms with Crippen molar-refractivity contribution in [1.82, 2.24) is 9.78 Å². The summed E-state index contributed by atoms with van der Waals surface area (Å²) in [6.45, 7) is 0. The first-order valence-electron chi connectivity index (χ1n) is 11.5. The molecule has 0 spiro atoms. The molecule has 0 N–H and O–H groups in total. The molecule has 0 radical (unpaired) electrons. The van der Waals surface area contributed by atoms with Crippen molar-refractivity contribution in [3.05, 3.63) is 119 Å². The summed E-state index contributed by atoms with van der Waals surface area (Å²) >= 11 is 1.58. The van der Waals surface area contributed by atoms with Crippen LogP contribution in [-0.2, 0) is 7.05 Å². The minimum Gasteiger partial charge on any atom is -0.268 e. The maximum Gasteiger partial charge on any atom is 0.266 e. The average molecular weight is 488 g/mol. The Labute approximate surface area is 212 Å². The molecule has 5 nitrogen and oxygen atoms in total. The minimum atomic E-state index is -0.287. The van der Waals surface area contributed by atoms with E-state index in [0.29, 0.717) is 16.8 Å². The monoisotopic (exact) mass is 487 g/mol. The molecule has 2 heterocycles. The van der Waals surface area contributed by atoms with E-state index in [1.807, 2.05) is 54.2 Å². The van der Waals surface area contributed by atoms with Gasteiger partial charge in [-0.25, -0.2) is 4.90 Å². The van der Waals surface area contributed by atoms with E-state index in [1.54, 1.807) is 42.1 Å². The molecule has 0 saturated heterocycles. The number of imide groups is 1. The van der Waals surface area contributed by atoms with Crippen molar-refractivity contribution in [1.29, 1.82) is 0 Å². The van der Waals surface area contributed by atoms with E-state index in [0.717, 1.165) is 32.0 Å². The van der Waals surface area contributed by atoms with Crippen LogP contribution in [0.3, 0.4) is 0 Å². The number of rotatable bonds is 5. The van der Waals surface area contributed by atoms with Crippen molar-refractivity contribution in [2.75, 3.05) is 4.90 Å². The van der Waals surface area contributed by atoms with Gasteiger partial charge in [0.25, 0.3) is 11.8 Å². The second-order valence-corrected chi connectivity index (χ2v) is 9.67. The molecule has 4 aromatic carbocycles. The van der Waals surface area contributed by atoms with Crippen molar-refractivity contribution in [2.24, 2.45) is 7.05 Å². The first kappa shape index (κ1) is 22.1. The highest BCUT2D eigenvalue weighted by Crippen LogP contribution is 2.35. The second kappa shape index (κ2) is 8.98. The molecule has 6 rings (SSSR count). The highest BCUT2D eigenvalue weighted by Gasteiger charge is 2.36. The van der Waals surface area contributed by atoms with Crippen LogP contribution >= 0.6 is 11.8 Å². The Kier molecular flexibility index (Phi) is 5.51. The van der Waals surface area contributed by atoms with Crippen molar-refractivity contribution in [3.63, 3.8) is 0 Å². The lowest BCUT2D eigenvalue weighted by atomic mass is 10.1. The van der Waals surface area contributed by atoms with Crippen LogP contribution in [0.2, 0.25) is 0 Å². The number of fused-ring (bicyclic) bond motifs is 2. The van der Waals surface area contributed by atoms with E-state index >= 15 is 0 Å². The predicted octanol–water partition coefficient (Wildman–Crippen LogP) is 6.70. The van der Waals surface area contributed by atoms with E-state index in [-0.39, 0.29) is 11.8 Å². The van der Waals surface area contributed by atoms with Gasteiger partial charge in [-0.2, -0.15) is 5.10 Å². The summed E-state index contributed by atoms with van der Waals surface area (Å²) in [5.74, 6) is -0.574. The lowest BCUT2D eigenvalue weighted by Crippen LogP contribution is -2.29. The first-order chi connectivity index (χ1) is 17.6. The van der Waals surface area contributed by atoms with Crippen LogP contribution in [0.25, 0.3) is 23.1 Å². The number of aryl methyl sites for hydroxylation is 1. The fourth-order valence-corrected chi connectivity index (χ4v) is 5.34. The predicted molar refractivity (Wildman–Crippen MR) is 144 cm³/mol. The molecular weight excluding hydrogens is 466 g/mol. The standard InChI is InChI=1S/C30H21N3O2S/c1-32-28-19-23(15-16-26(28)27(31-32)17-14-20-8-3-2-4-9-20)36-22-11-7-10-21(18-22)33-29(34)24-12-5-6-13-25(24)30(33)35/h2-19H,1H3/b17-14+. The van der Waals surface area contributed by atoms with Gasteiger partial charge in [-0.15, -0.1) is 0 Å². The van der Waals surface area contributed by atoms with Crippen LogP contribution in [0.4, 0.5) is 5.69 Å². The lowest BCUT2D eigenvalue weighted by molar-refractivity contribution is 0.0926. The van der Waals surface area contributed by atoms with Crippen LogP contribution in [0.5, 0.6) is 0 Å². The summed E-state index contributed by atoms with van der Waals surface area (Å²) in [5, 5.41) is 5.77. The van der Waals surface area contributed by atoms with Crippen molar-refractivity contribution in [2.45, 2.75) is 9.79 Å². The number of anilines is 1. The topological polar surface area (TPSA) is 55.2 Å². The van der Waals surface area contributed by atoms with Crippen LogP contribution in [0, 0.1) is 0 Å². The van der Waals surface area contributed by atoms with Gasteiger partial charge in [0.05, 0.1) is 28.0 Å². The zero-order valence-corrected chi connectivity index (χ0v) is 20.3. The quantitative estimate of drug-likeness (QED) is 0.259. The molecule has 2 amide bonds. The number of aromatic nitrogens is 2. The average Bonchev–Trinajstić information content (AvgIpc) is 3.36. The molecule has 6 heteroatoms. The molecular formula is C30H21N3O2S. The number of nitrogens with zero attached hydrogens (tertiary/aromatic N) is 3. The normalized spacial score (nSPS) is 13.2. The first-order valence-corrected chi connectivity index (χ1v) is 12.4. The Bertz CT molecular complexity index is 1640. The van der Waals surface area contributed by atoms with E-state index < -0.39 is 0 Å². The van der Waals surface area contributed by atoms with E-state index in [2.05, 4.69) is 36.4 Å². The lowest BCUT2D eigenvalue weighted by Gasteiger charge is -2.15. The van der Waals surface area contributed by atoms with Crippen molar-refractivity contribution >= 4 is 52.3 Å². The van der Waals surface area contributed by atoms with E-state index in [9.17, 15) is 9.59 Å². The number of benzene rings is 4. The fraction of sp³-hybridized carbons (Fsp3) is 0.0333. The SMILES string of the molecule is Cn1nc(/C=C/c2ccccc2)c2ccc(Sc3cccc(N4C(=O)c5ccccc5C4=O)c3)cc21. The molecule has 0 aliphatic carbocycles. The highest BCUT2D eigenvalue weighted by atomic mass is 32.2. The summed E-state index contributed by atoms with van der Waals surface area (Å²) in [5.41, 5.74) is 4.53. The molecule has 1 aliphatic heterocycles. The van der Waals surface area contributed by atoms with Gasteiger partial charge in [0.2, 0.25) is 0 Å². The van der Waals surface area contributed by atoms with Crippen LogP contribution < -0.4 is 4.90 Å². The molecule has 1 aliphatic rings. The van der Waals surface area contributed by atoms with Crippen LogP contribution in [0.1, 0.15) is 32.0 Å². The Morgan fingerprint density at radius 3 is 2.17 bits per heavy atom. The van der Waals surface area contributed by atoms with Crippen molar-refractivity contribution < 1.29 is 9.59 Å². The smallest absolute Gasteiger partial charge is 0.266 e. The van der Waals surface area contributed by atoms with Gasteiger partial charge in [0, 0.05) is 22.2 Å². The molecule has 174 valence electrons. The van der Waals surface area contributed by atoms with Gasteiger partial charge < -0.3 is 0 Å². The van der Waals surface area contributed by atoms with E-state index in [1.165, 1.54) is 4.90 Å². The number of amides is 2. The third kappa shape index (κ3) is 3.91. The molecule has 36 heavy (non-hydrogen) atoms. The van der Waals surface area contributed by atoms with Gasteiger partial charge in [-0.05, 0) is 60.2 Å². The third-order valence-corrected chi connectivity index (χ3v) is 7.17. The zero-order chi connectivity index (χ0) is 24.6. The fourth-order valence-electron chi connectivity index (χ4n) is 4.44. The maximum atomic E-state index is 12.9. The largest absolute Gasteiger partial charge is 0.268 e. The molecule has 0 fully saturated rings. The number of carbonyl (C=O) groups excluding carboxylic acids is 2. The maximum absolute atomic E-state index is 12.9. The highest BCUT2D eigenvalue weighted by molar-refractivity contribution is 7.99. The van der Waals surface area contributed by atoms with Gasteiger partial charge in [0.1, 0.15) is 0 Å². The number of carbonyl (C=O) groups is 2. The molecule has 0 unspecified atom stereocenters. The summed E-state index contributed by atoms with van der Waals surface area (Å²) in [6, 6.07) is 30.9. The van der Waals surface area contributed by atoms with Gasteiger partial charge >= 0.3 is 0 Å². The number of hydrogen-bond acceptors (Lipinski definition) is 4. The molecule has 0 atom stereocenters. The number of hydrogen-bond donors (Lipinski definition) is 0. The zero-order valence-electron chi connectivity index (χ0n) is 19.5. The summed E-state index contributed by atoms with van der Waals surface area (Å²) in [7, 11) is 1.94. The molecule has 0 saturated carbocycles. The summed E-state index contributed by atoms with van der Waals surface area (Å²) in [4.78, 5) is 29.0. The van der Waals surface area contributed by atoms with Gasteiger partial charge in [-0.3, -0.25) is 14.3 Å². The van der Waals surface area contributed by atoms with Gasteiger partial charge in [0.15, 0.2) is 0 Å². The minimum absolute atomic E-state index is 0.287. The molecule has 5 aromatic rings. The second-order valence-electron chi connectivity index (χ2n) is 8.52. The Hall–Kier alpha value is -4.42. The van der Waals surface area contributed by atoms with Crippen LogP contribution in [0.15, 0.2) is 107 Å². The third-order valence-electron chi connectivity index (χ3n) is 6.19. The Morgan fingerprint density at radius 1 is 0.722 bits per heavy atom. The Balaban J connectivity index is 1.27. The van der Waals surface area contributed by atoms with E-state index in [4.69, 9.17) is 5.10 Å².